The summed E-state index contributed by atoms with van der Waals surface area (Å²) in [5.74, 6) is 0. The molecule has 0 spiro atoms. The van der Waals surface area contributed by atoms with Crippen LogP contribution in [0.5, 0.6) is 0 Å². The van der Waals surface area contributed by atoms with E-state index >= 15 is 0 Å². The SMILES string of the molecule is CCNc1ccc(/C=C(C)/C=C/C=C\C=NCCO)cc1. The number of anilines is 1. The van der Waals surface area contributed by atoms with E-state index in [0.29, 0.717) is 6.54 Å². The van der Waals surface area contributed by atoms with E-state index < -0.39 is 0 Å². The molecule has 0 aliphatic rings. The quantitative estimate of drug-likeness (QED) is 0.565. The van der Waals surface area contributed by atoms with Crippen molar-refractivity contribution < 1.29 is 5.11 Å². The van der Waals surface area contributed by atoms with Gasteiger partial charge in [0, 0.05) is 18.4 Å². The minimum atomic E-state index is 0.0919. The zero-order valence-electron chi connectivity index (χ0n) is 12.8. The maximum atomic E-state index is 8.57. The van der Waals surface area contributed by atoms with Crippen LogP contribution >= 0.6 is 0 Å². The van der Waals surface area contributed by atoms with E-state index in [9.17, 15) is 0 Å². The number of aliphatic imine (C=N–C) groups is 1. The van der Waals surface area contributed by atoms with Gasteiger partial charge in [0.1, 0.15) is 0 Å². The molecule has 3 nitrogen and oxygen atoms in total. The van der Waals surface area contributed by atoms with Crippen LogP contribution in [-0.4, -0.2) is 31.0 Å². The zero-order valence-corrected chi connectivity index (χ0v) is 12.8. The smallest absolute Gasteiger partial charge is 0.0626 e. The van der Waals surface area contributed by atoms with Gasteiger partial charge in [0.2, 0.25) is 0 Å². The van der Waals surface area contributed by atoms with Gasteiger partial charge < -0.3 is 10.4 Å². The highest BCUT2D eigenvalue weighted by molar-refractivity contribution is 5.71. The summed E-state index contributed by atoms with van der Waals surface area (Å²) in [6, 6.07) is 8.38. The van der Waals surface area contributed by atoms with E-state index in [1.165, 1.54) is 11.1 Å². The number of hydrogen-bond donors (Lipinski definition) is 2. The minimum Gasteiger partial charge on any atom is -0.394 e. The third-order valence-electron chi connectivity index (χ3n) is 2.69. The summed E-state index contributed by atoms with van der Waals surface area (Å²) in [6.45, 7) is 5.64. The summed E-state index contributed by atoms with van der Waals surface area (Å²) in [5.41, 5.74) is 3.52. The van der Waals surface area contributed by atoms with Crippen LogP contribution in [0.3, 0.4) is 0 Å². The molecule has 112 valence electrons. The number of rotatable bonds is 8. The molecule has 0 amide bonds. The Morgan fingerprint density at radius 3 is 2.62 bits per heavy atom. The van der Waals surface area contributed by atoms with Gasteiger partial charge in [-0.05, 0) is 37.6 Å². The summed E-state index contributed by atoms with van der Waals surface area (Å²) in [7, 11) is 0. The molecule has 0 radical (unpaired) electrons. The molecule has 0 unspecified atom stereocenters. The second-order valence-electron chi connectivity index (χ2n) is 4.56. The van der Waals surface area contributed by atoms with Crippen LogP contribution in [0.1, 0.15) is 19.4 Å². The molecule has 21 heavy (non-hydrogen) atoms. The van der Waals surface area contributed by atoms with Gasteiger partial charge in [-0.2, -0.15) is 0 Å². The van der Waals surface area contributed by atoms with Crippen molar-refractivity contribution in [1.29, 1.82) is 0 Å². The van der Waals surface area contributed by atoms with E-state index in [1.54, 1.807) is 6.21 Å². The molecule has 0 saturated heterocycles. The van der Waals surface area contributed by atoms with Crippen LogP contribution in [-0.2, 0) is 0 Å². The van der Waals surface area contributed by atoms with Gasteiger partial charge in [0.25, 0.3) is 0 Å². The number of nitrogens with zero attached hydrogens (tertiary/aromatic N) is 1. The van der Waals surface area contributed by atoms with Crippen LogP contribution in [0, 0.1) is 0 Å². The first-order valence-corrected chi connectivity index (χ1v) is 7.22. The Hall–Kier alpha value is -2.13. The highest BCUT2D eigenvalue weighted by Crippen LogP contribution is 2.12. The van der Waals surface area contributed by atoms with Crippen LogP contribution in [0.2, 0.25) is 0 Å². The van der Waals surface area contributed by atoms with Crippen molar-refractivity contribution in [1.82, 2.24) is 0 Å². The van der Waals surface area contributed by atoms with Crippen LogP contribution in [0.15, 0.2) is 59.1 Å². The first-order valence-electron chi connectivity index (χ1n) is 7.22. The van der Waals surface area contributed by atoms with Crippen molar-refractivity contribution >= 4 is 18.0 Å². The van der Waals surface area contributed by atoms with Crippen LogP contribution < -0.4 is 5.32 Å². The molecule has 0 fully saturated rings. The molecule has 0 atom stereocenters. The fraction of sp³-hybridized carbons (Fsp3) is 0.278. The number of benzene rings is 1. The van der Waals surface area contributed by atoms with Gasteiger partial charge >= 0.3 is 0 Å². The third-order valence-corrected chi connectivity index (χ3v) is 2.69. The molecule has 2 N–H and O–H groups in total. The highest BCUT2D eigenvalue weighted by Gasteiger charge is 1.90. The number of aliphatic hydroxyl groups excluding tert-OH is 1. The van der Waals surface area contributed by atoms with Crippen molar-refractivity contribution in [2.45, 2.75) is 13.8 Å². The lowest BCUT2D eigenvalue weighted by molar-refractivity contribution is 0.307. The fourth-order valence-corrected chi connectivity index (χ4v) is 1.73. The molecule has 3 heteroatoms. The fourth-order valence-electron chi connectivity index (χ4n) is 1.73. The van der Waals surface area contributed by atoms with Crippen molar-refractivity contribution in [2.75, 3.05) is 25.0 Å². The maximum Gasteiger partial charge on any atom is 0.0626 e. The monoisotopic (exact) mass is 284 g/mol. The van der Waals surface area contributed by atoms with Gasteiger partial charge in [0.15, 0.2) is 0 Å². The lowest BCUT2D eigenvalue weighted by Gasteiger charge is -2.03. The number of aliphatic hydroxyl groups is 1. The van der Waals surface area contributed by atoms with Crippen molar-refractivity contribution in [3.05, 3.63) is 59.7 Å². The summed E-state index contributed by atoms with van der Waals surface area (Å²) in [6.07, 6.45) is 11.6. The Morgan fingerprint density at radius 1 is 1.19 bits per heavy atom. The molecule has 0 bridgehead atoms. The van der Waals surface area contributed by atoms with Crippen molar-refractivity contribution in [3.63, 3.8) is 0 Å². The Kier molecular flexibility index (Phi) is 8.57. The van der Waals surface area contributed by atoms with Crippen molar-refractivity contribution in [2.24, 2.45) is 4.99 Å². The molecule has 0 aliphatic heterocycles. The highest BCUT2D eigenvalue weighted by atomic mass is 16.3. The molecule has 1 rings (SSSR count). The number of hydrogen-bond acceptors (Lipinski definition) is 3. The molecular weight excluding hydrogens is 260 g/mol. The Bertz CT molecular complexity index is 511. The lowest BCUT2D eigenvalue weighted by Crippen LogP contribution is -1.95. The van der Waals surface area contributed by atoms with Gasteiger partial charge in [-0.1, -0.05) is 42.0 Å². The van der Waals surface area contributed by atoms with Gasteiger partial charge in [0.05, 0.1) is 13.2 Å². The molecule has 0 aliphatic carbocycles. The molecule has 1 aromatic rings. The minimum absolute atomic E-state index is 0.0919. The van der Waals surface area contributed by atoms with Crippen molar-refractivity contribution in [3.8, 4) is 0 Å². The average Bonchev–Trinajstić information content (AvgIpc) is 2.49. The Morgan fingerprint density at radius 2 is 1.95 bits per heavy atom. The van der Waals surface area contributed by atoms with Gasteiger partial charge in [-0.15, -0.1) is 0 Å². The van der Waals surface area contributed by atoms with E-state index in [0.717, 1.165) is 12.2 Å². The molecule has 0 heterocycles. The van der Waals surface area contributed by atoms with E-state index in [4.69, 9.17) is 5.11 Å². The van der Waals surface area contributed by atoms with E-state index in [-0.39, 0.29) is 6.61 Å². The molecule has 0 saturated carbocycles. The predicted octanol–water partition coefficient (Wildman–Crippen LogP) is 3.70. The first-order chi connectivity index (χ1) is 10.3. The zero-order chi connectivity index (χ0) is 15.3. The normalized spacial score (nSPS) is 12.8. The summed E-state index contributed by atoms with van der Waals surface area (Å²) < 4.78 is 0. The van der Waals surface area contributed by atoms with E-state index in [2.05, 4.69) is 60.6 Å². The Labute approximate surface area is 127 Å². The number of nitrogens with one attached hydrogen (secondary N) is 1. The Balaban J connectivity index is 2.51. The summed E-state index contributed by atoms with van der Waals surface area (Å²) in [5, 5.41) is 11.8. The standard InChI is InChI=1S/C18H24N2O/c1-3-20-18-10-8-17(9-11-18)15-16(2)7-5-4-6-12-19-13-14-21/h4-12,15,20-21H,3,13-14H2,1-2H3/b6-4-,7-5+,16-15+,19-12?. The molecule has 1 aromatic carbocycles. The second-order valence-corrected chi connectivity index (χ2v) is 4.56. The number of allylic oxidation sites excluding steroid dienone is 5. The average molecular weight is 284 g/mol. The third kappa shape index (κ3) is 7.90. The molecular formula is C18H24N2O. The lowest BCUT2D eigenvalue weighted by atomic mass is 10.1. The maximum absolute atomic E-state index is 8.57. The van der Waals surface area contributed by atoms with E-state index in [1.807, 2.05) is 18.2 Å². The first kappa shape index (κ1) is 16.9. The predicted molar refractivity (Wildman–Crippen MR) is 93.0 cm³/mol. The van der Waals surface area contributed by atoms with Gasteiger partial charge in [-0.3, -0.25) is 4.99 Å². The van der Waals surface area contributed by atoms with Gasteiger partial charge in [-0.25, -0.2) is 0 Å². The summed E-state index contributed by atoms with van der Waals surface area (Å²) in [4.78, 5) is 3.98. The largest absolute Gasteiger partial charge is 0.394 e. The molecule has 0 aromatic heterocycles. The van der Waals surface area contributed by atoms with Crippen LogP contribution in [0.4, 0.5) is 5.69 Å². The summed E-state index contributed by atoms with van der Waals surface area (Å²) >= 11 is 0. The second kappa shape index (κ2) is 10.6. The van der Waals surface area contributed by atoms with Crippen LogP contribution in [0.25, 0.3) is 6.08 Å². The topological polar surface area (TPSA) is 44.6 Å².